The topological polar surface area (TPSA) is 65.4 Å². The molecule has 0 unspecified atom stereocenters. The van der Waals surface area contributed by atoms with Crippen molar-refractivity contribution in [2.24, 2.45) is 0 Å². The minimum atomic E-state index is -0.219. The van der Waals surface area contributed by atoms with Gasteiger partial charge in [0.05, 0.1) is 33.9 Å². The van der Waals surface area contributed by atoms with Crippen LogP contribution in [-0.4, -0.2) is 37.6 Å². The number of nitriles is 1. The van der Waals surface area contributed by atoms with E-state index in [0.717, 1.165) is 0 Å². The predicted octanol–water partition coefficient (Wildman–Crippen LogP) is 3.81. The van der Waals surface area contributed by atoms with E-state index in [4.69, 9.17) is 33.2 Å². The molecule has 0 aliphatic carbocycles. The second-order valence-corrected chi connectivity index (χ2v) is 6.19. The number of halogens is 2. The fourth-order valence-electron chi connectivity index (χ4n) is 2.10. The largest absolute Gasteiger partial charge is 0.492 e. The third kappa shape index (κ3) is 5.95. The predicted molar refractivity (Wildman–Crippen MR) is 99.2 cm³/mol. The van der Waals surface area contributed by atoms with E-state index in [1.54, 1.807) is 42.5 Å². The van der Waals surface area contributed by atoms with Crippen LogP contribution in [0, 0.1) is 11.3 Å². The molecule has 1 N–H and O–H groups in total. The summed E-state index contributed by atoms with van der Waals surface area (Å²) in [7, 11) is 1.81. The van der Waals surface area contributed by atoms with Gasteiger partial charge in [-0.05, 0) is 37.4 Å². The van der Waals surface area contributed by atoms with Crippen molar-refractivity contribution >= 4 is 34.8 Å². The van der Waals surface area contributed by atoms with Gasteiger partial charge in [-0.25, -0.2) is 0 Å². The van der Waals surface area contributed by atoms with Crippen molar-refractivity contribution in [3.05, 3.63) is 58.1 Å². The highest BCUT2D eigenvalue weighted by Gasteiger charge is 2.11. The Morgan fingerprint density at radius 3 is 2.60 bits per heavy atom. The quantitative estimate of drug-likeness (QED) is 0.796. The summed E-state index contributed by atoms with van der Waals surface area (Å²) in [5, 5.41) is 12.4. The lowest BCUT2D eigenvalue weighted by Crippen LogP contribution is -2.33. The van der Waals surface area contributed by atoms with Gasteiger partial charge in [0.15, 0.2) is 0 Å². The van der Waals surface area contributed by atoms with E-state index in [9.17, 15) is 4.79 Å². The van der Waals surface area contributed by atoms with Crippen LogP contribution < -0.4 is 10.1 Å². The maximum atomic E-state index is 12.1. The number of anilines is 1. The van der Waals surface area contributed by atoms with Crippen molar-refractivity contribution in [3.8, 4) is 11.8 Å². The number of para-hydroxylation sites is 1. The second kappa shape index (κ2) is 9.28. The number of rotatable bonds is 7. The van der Waals surface area contributed by atoms with Crippen molar-refractivity contribution in [1.29, 1.82) is 5.26 Å². The number of hydrogen-bond donors (Lipinski definition) is 1. The van der Waals surface area contributed by atoms with E-state index in [1.807, 2.05) is 11.9 Å². The van der Waals surface area contributed by atoms with E-state index in [1.165, 1.54) is 0 Å². The molecule has 0 heterocycles. The van der Waals surface area contributed by atoms with Crippen LogP contribution in [0.4, 0.5) is 5.69 Å². The Hall–Kier alpha value is -2.26. The zero-order valence-electron chi connectivity index (χ0n) is 13.6. The van der Waals surface area contributed by atoms with Crippen molar-refractivity contribution in [2.75, 3.05) is 32.1 Å². The molecule has 2 aromatic carbocycles. The van der Waals surface area contributed by atoms with E-state index in [2.05, 4.69) is 11.4 Å². The molecule has 7 heteroatoms. The summed E-state index contributed by atoms with van der Waals surface area (Å²) in [5.74, 6) is 0.406. The Balaban J connectivity index is 1.79. The first-order chi connectivity index (χ1) is 12.0. The van der Waals surface area contributed by atoms with Gasteiger partial charge in [0.1, 0.15) is 12.4 Å². The van der Waals surface area contributed by atoms with Gasteiger partial charge >= 0.3 is 0 Å². The van der Waals surface area contributed by atoms with Crippen LogP contribution >= 0.6 is 23.2 Å². The van der Waals surface area contributed by atoms with Crippen LogP contribution in [-0.2, 0) is 4.79 Å². The lowest BCUT2D eigenvalue weighted by Gasteiger charge is -2.17. The summed E-state index contributed by atoms with van der Waals surface area (Å²) < 4.78 is 5.59. The summed E-state index contributed by atoms with van der Waals surface area (Å²) in [6, 6.07) is 14.0. The Labute approximate surface area is 156 Å². The first-order valence-corrected chi connectivity index (χ1v) is 8.30. The maximum absolute atomic E-state index is 12.1. The third-order valence-corrected chi connectivity index (χ3v) is 3.98. The van der Waals surface area contributed by atoms with Crippen LogP contribution in [0.1, 0.15) is 5.56 Å². The number of amides is 1. The monoisotopic (exact) mass is 377 g/mol. The first kappa shape index (κ1) is 19.1. The smallest absolute Gasteiger partial charge is 0.238 e. The molecule has 0 fully saturated rings. The number of likely N-dealkylation sites (N-methyl/N-ethyl adjacent to an activating group) is 1. The molecule has 0 spiro atoms. The molecule has 25 heavy (non-hydrogen) atoms. The van der Waals surface area contributed by atoms with Crippen molar-refractivity contribution < 1.29 is 9.53 Å². The minimum absolute atomic E-state index is 0.170. The zero-order chi connectivity index (χ0) is 18.2. The average Bonchev–Trinajstić information content (AvgIpc) is 2.58. The molecule has 0 bridgehead atoms. The van der Waals surface area contributed by atoms with Gasteiger partial charge in [-0.15, -0.1) is 0 Å². The molecule has 0 saturated carbocycles. The molecular weight excluding hydrogens is 361 g/mol. The van der Waals surface area contributed by atoms with E-state index in [0.29, 0.717) is 40.2 Å². The number of hydrogen-bond acceptors (Lipinski definition) is 4. The van der Waals surface area contributed by atoms with Gasteiger partial charge in [0.25, 0.3) is 0 Å². The summed E-state index contributed by atoms with van der Waals surface area (Å²) >= 11 is 12.1. The molecule has 0 aliphatic rings. The number of carbonyl (C=O) groups is 1. The molecule has 5 nitrogen and oxygen atoms in total. The summed E-state index contributed by atoms with van der Waals surface area (Å²) in [5.41, 5.74) is 0.954. The highest BCUT2D eigenvalue weighted by Crippen LogP contribution is 2.29. The van der Waals surface area contributed by atoms with Crippen molar-refractivity contribution in [3.63, 3.8) is 0 Å². The Kier molecular flexibility index (Phi) is 7.08. The maximum Gasteiger partial charge on any atom is 0.238 e. The Morgan fingerprint density at radius 1 is 1.24 bits per heavy atom. The number of carbonyl (C=O) groups excluding carboxylic acids is 1. The summed E-state index contributed by atoms with van der Waals surface area (Å²) in [4.78, 5) is 13.9. The number of ether oxygens (including phenoxy) is 1. The first-order valence-electron chi connectivity index (χ1n) is 7.55. The Morgan fingerprint density at radius 2 is 1.92 bits per heavy atom. The highest BCUT2D eigenvalue weighted by molar-refractivity contribution is 6.39. The standard InChI is InChI=1S/C18H17Cl2N3O2/c1-23(8-9-25-14-5-2-4-13(10-14)11-21)12-17(24)22-18-15(19)6-3-7-16(18)20/h2-7,10H,8-9,12H2,1H3,(H,22,24). The normalized spacial score (nSPS) is 10.4. The second-order valence-electron chi connectivity index (χ2n) is 5.37. The van der Waals surface area contributed by atoms with Crippen LogP contribution in [0.15, 0.2) is 42.5 Å². The average molecular weight is 378 g/mol. The molecule has 2 rings (SSSR count). The van der Waals surface area contributed by atoms with Crippen LogP contribution in [0.25, 0.3) is 0 Å². The van der Waals surface area contributed by atoms with E-state index >= 15 is 0 Å². The van der Waals surface area contributed by atoms with Gasteiger partial charge in [-0.2, -0.15) is 5.26 Å². The number of nitrogens with zero attached hydrogens (tertiary/aromatic N) is 2. The van der Waals surface area contributed by atoms with Gasteiger partial charge in [-0.3, -0.25) is 9.69 Å². The number of nitrogens with one attached hydrogen (secondary N) is 1. The van der Waals surface area contributed by atoms with Crippen molar-refractivity contribution in [2.45, 2.75) is 0 Å². The molecule has 0 aliphatic heterocycles. The van der Waals surface area contributed by atoms with E-state index in [-0.39, 0.29) is 12.5 Å². The number of benzene rings is 2. The van der Waals surface area contributed by atoms with Gasteiger partial charge in [0, 0.05) is 6.54 Å². The molecular formula is C18H17Cl2N3O2. The molecule has 0 radical (unpaired) electrons. The molecule has 130 valence electrons. The fourth-order valence-corrected chi connectivity index (χ4v) is 2.59. The van der Waals surface area contributed by atoms with Crippen molar-refractivity contribution in [1.82, 2.24) is 4.90 Å². The molecule has 0 aromatic heterocycles. The minimum Gasteiger partial charge on any atom is -0.492 e. The Bertz CT molecular complexity index is 770. The molecule has 0 saturated heterocycles. The summed E-state index contributed by atoms with van der Waals surface area (Å²) in [6.07, 6.45) is 0. The van der Waals surface area contributed by atoms with Crippen LogP contribution in [0.5, 0.6) is 5.75 Å². The highest BCUT2D eigenvalue weighted by atomic mass is 35.5. The third-order valence-electron chi connectivity index (χ3n) is 3.35. The van der Waals surface area contributed by atoms with Crippen LogP contribution in [0.3, 0.4) is 0 Å². The molecule has 2 aromatic rings. The van der Waals surface area contributed by atoms with Gasteiger partial charge < -0.3 is 10.1 Å². The molecule has 0 atom stereocenters. The summed E-state index contributed by atoms with van der Waals surface area (Å²) in [6.45, 7) is 1.11. The van der Waals surface area contributed by atoms with Gasteiger partial charge in [-0.1, -0.05) is 35.3 Å². The zero-order valence-corrected chi connectivity index (χ0v) is 15.1. The van der Waals surface area contributed by atoms with E-state index < -0.39 is 0 Å². The fraction of sp³-hybridized carbons (Fsp3) is 0.222. The molecule has 1 amide bonds. The van der Waals surface area contributed by atoms with Gasteiger partial charge in [0.2, 0.25) is 5.91 Å². The van der Waals surface area contributed by atoms with Crippen LogP contribution in [0.2, 0.25) is 10.0 Å². The lowest BCUT2D eigenvalue weighted by molar-refractivity contribution is -0.117. The SMILES string of the molecule is CN(CCOc1cccc(C#N)c1)CC(=O)Nc1c(Cl)cccc1Cl. The lowest BCUT2D eigenvalue weighted by atomic mass is 10.2.